The van der Waals surface area contributed by atoms with Crippen molar-refractivity contribution in [2.24, 2.45) is 0 Å². The van der Waals surface area contributed by atoms with E-state index >= 15 is 0 Å². The number of benzene rings is 1. The topological polar surface area (TPSA) is 26.3 Å². The highest BCUT2D eigenvalue weighted by Crippen LogP contribution is 2.23. The SMILES string of the molecule is COc1cc(C)c(C=CC=O)cc1C. The van der Waals surface area contributed by atoms with Crippen LogP contribution in [0.2, 0.25) is 0 Å². The number of aryl methyl sites for hydroxylation is 2. The number of aldehydes is 1. The maximum absolute atomic E-state index is 10.2. The normalized spacial score (nSPS) is 10.5. The molecule has 0 fully saturated rings. The van der Waals surface area contributed by atoms with Crippen LogP contribution in [0.4, 0.5) is 0 Å². The lowest BCUT2D eigenvalue weighted by Gasteiger charge is -2.08. The Morgan fingerprint density at radius 3 is 2.50 bits per heavy atom. The number of hydrogen-bond donors (Lipinski definition) is 0. The van der Waals surface area contributed by atoms with E-state index in [1.807, 2.05) is 26.0 Å². The molecule has 0 saturated heterocycles. The van der Waals surface area contributed by atoms with E-state index < -0.39 is 0 Å². The summed E-state index contributed by atoms with van der Waals surface area (Å²) in [4.78, 5) is 10.2. The standard InChI is InChI=1S/C12H14O2/c1-9-8-12(14-3)10(2)7-11(9)5-4-6-13/h4-8H,1-3H3. The number of carbonyl (C=O) groups excluding carboxylic acids is 1. The fourth-order valence-corrected chi connectivity index (χ4v) is 1.35. The van der Waals surface area contributed by atoms with Gasteiger partial charge in [-0.25, -0.2) is 0 Å². The molecule has 2 heteroatoms. The highest BCUT2D eigenvalue weighted by atomic mass is 16.5. The quantitative estimate of drug-likeness (QED) is 0.540. The lowest BCUT2D eigenvalue weighted by Crippen LogP contribution is -1.90. The van der Waals surface area contributed by atoms with Crippen LogP contribution < -0.4 is 4.74 Å². The number of carbonyl (C=O) groups is 1. The van der Waals surface area contributed by atoms with E-state index in [0.717, 1.165) is 28.7 Å². The molecular formula is C12H14O2. The molecule has 0 atom stereocenters. The Morgan fingerprint density at radius 1 is 1.21 bits per heavy atom. The average Bonchev–Trinajstić information content (AvgIpc) is 2.18. The third-order valence-electron chi connectivity index (χ3n) is 2.14. The number of rotatable bonds is 3. The zero-order valence-corrected chi connectivity index (χ0v) is 8.70. The van der Waals surface area contributed by atoms with Crippen LogP contribution in [0, 0.1) is 13.8 Å². The Kier molecular flexibility index (Phi) is 3.46. The van der Waals surface area contributed by atoms with Gasteiger partial charge in [-0.15, -0.1) is 0 Å². The molecule has 74 valence electrons. The molecule has 1 aromatic carbocycles. The Labute approximate surface area is 84.2 Å². The Morgan fingerprint density at radius 2 is 1.93 bits per heavy atom. The summed E-state index contributed by atoms with van der Waals surface area (Å²) in [6.07, 6.45) is 4.07. The summed E-state index contributed by atoms with van der Waals surface area (Å²) in [6.45, 7) is 3.98. The van der Waals surface area contributed by atoms with Gasteiger partial charge in [0.1, 0.15) is 12.0 Å². The molecule has 0 heterocycles. The van der Waals surface area contributed by atoms with Crippen molar-refractivity contribution >= 4 is 12.4 Å². The minimum Gasteiger partial charge on any atom is -0.496 e. The molecule has 0 radical (unpaired) electrons. The minimum atomic E-state index is 0.777. The summed E-state index contributed by atoms with van der Waals surface area (Å²) in [6, 6.07) is 3.98. The summed E-state index contributed by atoms with van der Waals surface area (Å²) in [5, 5.41) is 0. The Bertz CT molecular complexity index is 365. The van der Waals surface area contributed by atoms with E-state index in [9.17, 15) is 4.79 Å². The summed E-state index contributed by atoms with van der Waals surface area (Å²) < 4.78 is 5.19. The third kappa shape index (κ3) is 2.22. The van der Waals surface area contributed by atoms with Crippen molar-refractivity contribution in [2.75, 3.05) is 7.11 Å². The number of allylic oxidation sites excluding steroid dienone is 1. The number of ether oxygens (including phenoxy) is 1. The zero-order chi connectivity index (χ0) is 10.6. The molecular weight excluding hydrogens is 176 g/mol. The van der Waals surface area contributed by atoms with Gasteiger partial charge in [0.05, 0.1) is 7.11 Å². The van der Waals surface area contributed by atoms with Crippen LogP contribution in [0.25, 0.3) is 6.08 Å². The maximum Gasteiger partial charge on any atom is 0.142 e. The molecule has 0 aliphatic heterocycles. The predicted molar refractivity (Wildman–Crippen MR) is 57.6 cm³/mol. The van der Waals surface area contributed by atoms with E-state index in [1.165, 1.54) is 6.08 Å². The molecule has 0 saturated carbocycles. The third-order valence-corrected chi connectivity index (χ3v) is 2.14. The molecule has 0 unspecified atom stereocenters. The average molecular weight is 190 g/mol. The van der Waals surface area contributed by atoms with E-state index in [1.54, 1.807) is 13.2 Å². The van der Waals surface area contributed by atoms with E-state index in [0.29, 0.717) is 0 Å². The fraction of sp³-hybridized carbons (Fsp3) is 0.250. The van der Waals surface area contributed by atoms with Crippen molar-refractivity contribution in [2.45, 2.75) is 13.8 Å². The first-order valence-electron chi connectivity index (χ1n) is 4.46. The van der Waals surface area contributed by atoms with Gasteiger partial charge in [0.15, 0.2) is 0 Å². The molecule has 2 nitrogen and oxygen atoms in total. The molecule has 0 amide bonds. The molecule has 1 aromatic rings. The molecule has 1 rings (SSSR count). The molecule has 14 heavy (non-hydrogen) atoms. The van der Waals surface area contributed by atoms with Crippen LogP contribution in [0.1, 0.15) is 16.7 Å². The summed E-state index contributed by atoms with van der Waals surface area (Å²) in [5.74, 6) is 0.880. The van der Waals surface area contributed by atoms with Crippen molar-refractivity contribution < 1.29 is 9.53 Å². The van der Waals surface area contributed by atoms with Gasteiger partial charge >= 0.3 is 0 Å². The smallest absolute Gasteiger partial charge is 0.142 e. The van der Waals surface area contributed by atoms with Gasteiger partial charge < -0.3 is 4.74 Å². The minimum absolute atomic E-state index is 0.777. The first-order valence-corrected chi connectivity index (χ1v) is 4.46. The van der Waals surface area contributed by atoms with Crippen LogP contribution >= 0.6 is 0 Å². The molecule has 0 spiro atoms. The van der Waals surface area contributed by atoms with Crippen LogP contribution in [0.15, 0.2) is 18.2 Å². The van der Waals surface area contributed by atoms with Gasteiger partial charge in [0.2, 0.25) is 0 Å². The van der Waals surface area contributed by atoms with Crippen molar-refractivity contribution in [3.63, 3.8) is 0 Å². The lowest BCUT2D eigenvalue weighted by molar-refractivity contribution is -0.104. The molecule has 0 aliphatic rings. The van der Waals surface area contributed by atoms with Gasteiger partial charge in [-0.3, -0.25) is 4.79 Å². The molecule has 0 aliphatic carbocycles. The van der Waals surface area contributed by atoms with Crippen molar-refractivity contribution in [1.29, 1.82) is 0 Å². The first kappa shape index (κ1) is 10.5. The molecule has 0 aromatic heterocycles. The largest absolute Gasteiger partial charge is 0.496 e. The molecule has 0 N–H and O–H groups in total. The van der Waals surface area contributed by atoms with Gasteiger partial charge in [0, 0.05) is 0 Å². The van der Waals surface area contributed by atoms with Gasteiger partial charge in [0.25, 0.3) is 0 Å². The Hall–Kier alpha value is -1.57. The lowest BCUT2D eigenvalue weighted by atomic mass is 10.0. The Balaban J connectivity index is 3.14. The van der Waals surface area contributed by atoms with E-state index in [4.69, 9.17) is 4.74 Å². The number of methoxy groups -OCH3 is 1. The van der Waals surface area contributed by atoms with Gasteiger partial charge in [-0.05, 0) is 48.7 Å². The van der Waals surface area contributed by atoms with Crippen molar-refractivity contribution in [1.82, 2.24) is 0 Å². The maximum atomic E-state index is 10.2. The summed E-state index contributed by atoms with van der Waals surface area (Å²) in [5.41, 5.74) is 3.23. The van der Waals surface area contributed by atoms with Crippen LogP contribution in [-0.2, 0) is 4.79 Å². The number of hydrogen-bond acceptors (Lipinski definition) is 2. The fourth-order valence-electron chi connectivity index (χ4n) is 1.35. The van der Waals surface area contributed by atoms with Gasteiger partial charge in [-0.2, -0.15) is 0 Å². The highest BCUT2D eigenvalue weighted by molar-refractivity contribution is 5.75. The predicted octanol–water partition coefficient (Wildman–Crippen LogP) is 2.52. The van der Waals surface area contributed by atoms with E-state index in [-0.39, 0.29) is 0 Å². The summed E-state index contributed by atoms with van der Waals surface area (Å²) >= 11 is 0. The molecule has 0 bridgehead atoms. The second-order valence-corrected chi connectivity index (χ2v) is 3.17. The van der Waals surface area contributed by atoms with E-state index in [2.05, 4.69) is 0 Å². The monoisotopic (exact) mass is 190 g/mol. The van der Waals surface area contributed by atoms with Crippen LogP contribution in [-0.4, -0.2) is 13.4 Å². The van der Waals surface area contributed by atoms with Crippen molar-refractivity contribution in [3.05, 3.63) is 34.9 Å². The van der Waals surface area contributed by atoms with Crippen LogP contribution in [0.5, 0.6) is 5.75 Å². The van der Waals surface area contributed by atoms with Crippen molar-refractivity contribution in [3.8, 4) is 5.75 Å². The van der Waals surface area contributed by atoms with Gasteiger partial charge in [-0.1, -0.05) is 6.08 Å². The first-order chi connectivity index (χ1) is 6.69. The highest BCUT2D eigenvalue weighted by Gasteiger charge is 2.01. The van der Waals surface area contributed by atoms with Crippen LogP contribution in [0.3, 0.4) is 0 Å². The zero-order valence-electron chi connectivity index (χ0n) is 8.70. The second-order valence-electron chi connectivity index (χ2n) is 3.17. The summed E-state index contributed by atoms with van der Waals surface area (Å²) in [7, 11) is 1.66. The second kappa shape index (κ2) is 4.61.